The van der Waals surface area contributed by atoms with E-state index in [1.165, 1.54) is 6.07 Å². The van der Waals surface area contributed by atoms with Crippen LogP contribution in [0.4, 0.5) is 15.3 Å². The van der Waals surface area contributed by atoms with Gasteiger partial charge in [-0.05, 0) is 24.3 Å². The zero-order valence-corrected chi connectivity index (χ0v) is 13.3. The Balaban J connectivity index is 2.42. The number of nitrogens with two attached hydrogens (primary N) is 3. The fourth-order valence-corrected chi connectivity index (χ4v) is 2.23. The zero-order valence-electron chi connectivity index (χ0n) is 13.3. The van der Waals surface area contributed by atoms with Crippen molar-refractivity contribution in [1.82, 2.24) is 4.98 Å². The van der Waals surface area contributed by atoms with Gasteiger partial charge in [0.1, 0.15) is 5.92 Å². The number of primary amides is 2. The quantitative estimate of drug-likeness (QED) is 0.117. The Morgan fingerprint density at radius 1 is 1.12 bits per heavy atom. The van der Waals surface area contributed by atoms with E-state index in [9.17, 15) is 14.4 Å². The number of hydrogen-bond donors (Lipinski definition) is 4. The lowest BCUT2D eigenvalue weighted by Gasteiger charge is -2.15. The molecule has 0 aliphatic heterocycles. The summed E-state index contributed by atoms with van der Waals surface area (Å²) in [7, 11) is 0. The maximum atomic E-state index is 12.2. The van der Waals surface area contributed by atoms with Crippen LogP contribution in [-0.2, 0) is 14.3 Å². The molecular formula is C15H15N5O6. The highest BCUT2D eigenvalue weighted by Gasteiger charge is 2.29. The average Bonchev–Trinajstić information content (AvgIpc) is 2.57. The van der Waals surface area contributed by atoms with Crippen LogP contribution >= 0.6 is 0 Å². The van der Waals surface area contributed by atoms with Gasteiger partial charge in [0.25, 0.3) is 0 Å². The second-order valence-electron chi connectivity index (χ2n) is 5.10. The van der Waals surface area contributed by atoms with Crippen molar-refractivity contribution >= 4 is 40.6 Å². The van der Waals surface area contributed by atoms with Crippen LogP contribution in [0.15, 0.2) is 35.5 Å². The second kappa shape index (κ2) is 7.79. The third-order valence-electron chi connectivity index (χ3n) is 3.29. The fourth-order valence-electron chi connectivity index (χ4n) is 2.23. The smallest absolute Gasteiger partial charge is 0.408 e. The van der Waals surface area contributed by atoms with Crippen molar-refractivity contribution in [3.63, 3.8) is 0 Å². The van der Waals surface area contributed by atoms with Crippen LogP contribution in [0, 0.1) is 0 Å². The van der Waals surface area contributed by atoms with Gasteiger partial charge in [-0.2, -0.15) is 0 Å². The van der Waals surface area contributed by atoms with E-state index in [0.717, 1.165) is 0 Å². The maximum absolute atomic E-state index is 12.2. The summed E-state index contributed by atoms with van der Waals surface area (Å²) < 4.78 is 8.86. The van der Waals surface area contributed by atoms with Crippen molar-refractivity contribution in [3.8, 4) is 0 Å². The molecule has 0 fully saturated rings. The van der Waals surface area contributed by atoms with Crippen molar-refractivity contribution in [2.24, 2.45) is 16.6 Å². The minimum Gasteiger partial charge on any atom is -0.408 e. The molecule has 0 aliphatic carbocycles. The Labute approximate surface area is 146 Å². The lowest BCUT2D eigenvalue weighted by atomic mass is 9.99. The SMILES string of the molecule is NC(=O)OC(=O)C(C/C(=N/O)OC(N)=O)c1ccc2cc(N)ccc2n1. The number of hydrogen-bond acceptors (Lipinski definition) is 9. The number of oxime groups is 1. The summed E-state index contributed by atoms with van der Waals surface area (Å²) in [6.07, 6.45) is -3.03. The molecule has 11 nitrogen and oxygen atoms in total. The number of aromatic nitrogens is 1. The van der Waals surface area contributed by atoms with Gasteiger partial charge in [0.15, 0.2) is 0 Å². The molecule has 0 saturated carbocycles. The molecule has 1 aromatic carbocycles. The molecule has 0 radical (unpaired) electrons. The van der Waals surface area contributed by atoms with Crippen molar-refractivity contribution < 1.29 is 29.1 Å². The van der Waals surface area contributed by atoms with Crippen LogP contribution in [0.2, 0.25) is 0 Å². The lowest BCUT2D eigenvalue weighted by molar-refractivity contribution is -0.138. The number of nitrogens with zero attached hydrogens (tertiary/aromatic N) is 2. The van der Waals surface area contributed by atoms with Crippen LogP contribution in [0.5, 0.6) is 0 Å². The Hall–Kier alpha value is -3.89. The molecule has 136 valence electrons. The van der Waals surface area contributed by atoms with Crippen molar-refractivity contribution in [2.45, 2.75) is 12.3 Å². The van der Waals surface area contributed by atoms with Crippen LogP contribution in [-0.4, -0.2) is 34.2 Å². The molecule has 1 unspecified atom stereocenters. The predicted molar refractivity (Wildman–Crippen MR) is 89.1 cm³/mol. The number of amides is 2. The normalized spacial score (nSPS) is 12.4. The molecule has 1 aromatic heterocycles. The lowest BCUT2D eigenvalue weighted by Crippen LogP contribution is -2.28. The van der Waals surface area contributed by atoms with Crippen LogP contribution in [0.1, 0.15) is 18.0 Å². The van der Waals surface area contributed by atoms with Gasteiger partial charge in [0, 0.05) is 17.5 Å². The van der Waals surface area contributed by atoms with E-state index in [0.29, 0.717) is 16.6 Å². The molecular weight excluding hydrogens is 346 g/mol. The van der Waals surface area contributed by atoms with E-state index in [1.54, 1.807) is 24.3 Å². The number of benzene rings is 1. The molecule has 0 saturated heterocycles. The monoisotopic (exact) mass is 361 g/mol. The molecule has 1 heterocycles. The number of esters is 1. The second-order valence-corrected chi connectivity index (χ2v) is 5.10. The third-order valence-corrected chi connectivity index (χ3v) is 3.29. The summed E-state index contributed by atoms with van der Waals surface area (Å²) in [5.74, 6) is -2.90. The molecule has 11 heteroatoms. The minimum atomic E-state index is -1.33. The van der Waals surface area contributed by atoms with E-state index < -0.39 is 36.4 Å². The van der Waals surface area contributed by atoms with Crippen molar-refractivity contribution in [1.29, 1.82) is 0 Å². The first-order valence-electron chi connectivity index (χ1n) is 7.15. The number of carbonyl (C=O) groups is 3. The molecule has 2 amide bonds. The standard InChI is InChI=1S/C15H15N5O6/c16-8-2-4-10-7(5-8)1-3-11(19-10)9(13(21)26-15(18)23)6-12(20-24)25-14(17)22/h1-5,9,24H,6,16H2,(H2,17,22)(H2,18,23)/b20-12-. The van der Waals surface area contributed by atoms with E-state index in [-0.39, 0.29) is 5.69 Å². The summed E-state index contributed by atoms with van der Waals surface area (Å²) >= 11 is 0. The topological polar surface area (TPSA) is 193 Å². The van der Waals surface area contributed by atoms with Crippen LogP contribution in [0.3, 0.4) is 0 Å². The Kier molecular flexibility index (Phi) is 5.53. The number of ether oxygens (including phenoxy) is 2. The minimum absolute atomic E-state index is 0.155. The summed E-state index contributed by atoms with van der Waals surface area (Å²) in [5.41, 5.74) is 16.6. The largest absolute Gasteiger partial charge is 0.412 e. The number of pyridine rings is 1. The van der Waals surface area contributed by atoms with Gasteiger partial charge in [-0.15, -0.1) is 0 Å². The van der Waals surface area contributed by atoms with Gasteiger partial charge < -0.3 is 31.9 Å². The molecule has 7 N–H and O–H groups in total. The van der Waals surface area contributed by atoms with E-state index >= 15 is 0 Å². The first-order valence-corrected chi connectivity index (χ1v) is 7.15. The summed E-state index contributed by atoms with van der Waals surface area (Å²) in [6, 6.07) is 8.05. The van der Waals surface area contributed by atoms with Crippen LogP contribution < -0.4 is 17.2 Å². The van der Waals surface area contributed by atoms with Gasteiger partial charge in [-0.25, -0.2) is 9.59 Å². The highest BCUT2D eigenvalue weighted by atomic mass is 16.6. The summed E-state index contributed by atoms with van der Waals surface area (Å²) in [5, 5.41) is 12.4. The van der Waals surface area contributed by atoms with Gasteiger partial charge in [-0.3, -0.25) is 9.78 Å². The van der Waals surface area contributed by atoms with Gasteiger partial charge >= 0.3 is 18.2 Å². The average molecular weight is 361 g/mol. The van der Waals surface area contributed by atoms with Gasteiger partial charge in [0.2, 0.25) is 5.90 Å². The molecule has 2 aromatic rings. The zero-order chi connectivity index (χ0) is 19.3. The Morgan fingerprint density at radius 2 is 1.81 bits per heavy atom. The van der Waals surface area contributed by atoms with Gasteiger partial charge in [-0.1, -0.05) is 11.2 Å². The van der Waals surface area contributed by atoms with Crippen LogP contribution in [0.25, 0.3) is 10.9 Å². The summed E-state index contributed by atoms with van der Waals surface area (Å²) in [4.78, 5) is 38.2. The molecule has 0 bridgehead atoms. The third kappa shape index (κ3) is 4.56. The molecule has 1 atom stereocenters. The Bertz CT molecular complexity index is 897. The Morgan fingerprint density at radius 3 is 2.42 bits per heavy atom. The predicted octanol–water partition coefficient (Wildman–Crippen LogP) is 0.796. The highest BCUT2D eigenvalue weighted by molar-refractivity contribution is 5.94. The molecule has 26 heavy (non-hydrogen) atoms. The van der Waals surface area contributed by atoms with E-state index in [1.807, 2.05) is 0 Å². The van der Waals surface area contributed by atoms with E-state index in [4.69, 9.17) is 22.4 Å². The number of nitrogen functional groups attached to an aromatic ring is 1. The van der Waals surface area contributed by atoms with Gasteiger partial charge in [0.05, 0.1) is 11.2 Å². The fraction of sp³-hybridized carbons (Fsp3) is 0.133. The molecule has 0 spiro atoms. The molecule has 2 rings (SSSR count). The number of carbonyl (C=O) groups excluding carboxylic acids is 3. The molecule has 0 aliphatic rings. The first-order chi connectivity index (χ1) is 12.3. The first kappa shape index (κ1) is 18.4. The number of anilines is 1. The summed E-state index contributed by atoms with van der Waals surface area (Å²) in [6.45, 7) is 0. The van der Waals surface area contributed by atoms with Crippen molar-refractivity contribution in [3.05, 3.63) is 36.0 Å². The maximum Gasteiger partial charge on any atom is 0.412 e. The van der Waals surface area contributed by atoms with Crippen molar-refractivity contribution in [2.75, 3.05) is 5.73 Å². The number of rotatable bonds is 4. The highest BCUT2D eigenvalue weighted by Crippen LogP contribution is 2.24. The number of fused-ring (bicyclic) bond motifs is 1. The van der Waals surface area contributed by atoms with E-state index in [2.05, 4.69) is 19.6 Å².